The van der Waals surface area contributed by atoms with Gasteiger partial charge in [-0.2, -0.15) is 13.8 Å². The van der Waals surface area contributed by atoms with Crippen molar-refractivity contribution in [3.63, 3.8) is 0 Å². The van der Waals surface area contributed by atoms with E-state index in [0.717, 1.165) is 0 Å². The minimum absolute atomic E-state index is 0.112. The van der Waals surface area contributed by atoms with Gasteiger partial charge in [-0.05, 0) is 0 Å². The molecule has 0 saturated heterocycles. The lowest BCUT2D eigenvalue weighted by molar-refractivity contribution is 0.0357. The molecule has 0 fully saturated rings. The van der Waals surface area contributed by atoms with Gasteiger partial charge in [0.25, 0.3) is 11.5 Å². The molecule has 0 spiro atoms. The highest BCUT2D eigenvalue weighted by atomic mass is 19.2. The Bertz CT molecular complexity index is 490. The Morgan fingerprint density at radius 1 is 1.25 bits per heavy atom. The van der Waals surface area contributed by atoms with Crippen LogP contribution in [-0.4, -0.2) is 22.0 Å². The lowest BCUT2D eigenvalue weighted by atomic mass is 10.3. The molecule has 9 heteroatoms. The van der Waals surface area contributed by atoms with Crippen molar-refractivity contribution in [2.45, 2.75) is 18.8 Å². The van der Waals surface area contributed by atoms with Crippen molar-refractivity contribution in [1.82, 2.24) is 9.55 Å². The quantitative estimate of drug-likeness (QED) is 0.419. The van der Waals surface area contributed by atoms with Crippen LogP contribution in [0.3, 0.4) is 0 Å². The van der Waals surface area contributed by atoms with Gasteiger partial charge in [0.15, 0.2) is 6.17 Å². The fourth-order valence-electron chi connectivity index (χ4n) is 1.30. The van der Waals surface area contributed by atoms with Gasteiger partial charge < -0.3 is 5.32 Å². The number of nitrogens with zero attached hydrogens (tertiary/aromatic N) is 2. The minimum atomic E-state index is -2.75. The van der Waals surface area contributed by atoms with Crippen LogP contribution < -0.4 is 10.9 Å². The molecule has 1 aromatic heterocycles. The molecule has 88 valence electrons. The average molecular weight is 241 g/mol. The SMILES string of the molecule is O=c1c(F)c(F)nc2n1C(F)C(F)C(F)N2. The van der Waals surface area contributed by atoms with Crippen molar-refractivity contribution in [3.8, 4) is 0 Å². The Labute approximate surface area is 84.7 Å². The van der Waals surface area contributed by atoms with E-state index in [1.807, 2.05) is 0 Å². The third-order valence-corrected chi connectivity index (χ3v) is 2.08. The van der Waals surface area contributed by atoms with Gasteiger partial charge in [0.1, 0.15) is 0 Å². The van der Waals surface area contributed by atoms with Gasteiger partial charge in [-0.25, -0.2) is 17.7 Å². The molecule has 16 heavy (non-hydrogen) atoms. The van der Waals surface area contributed by atoms with Crippen LogP contribution in [0, 0.1) is 11.8 Å². The maximum atomic E-state index is 13.2. The number of aromatic nitrogens is 2. The Hall–Kier alpha value is -1.67. The van der Waals surface area contributed by atoms with E-state index in [1.165, 1.54) is 0 Å². The van der Waals surface area contributed by atoms with Gasteiger partial charge in [-0.1, -0.05) is 0 Å². The minimum Gasteiger partial charge on any atom is -0.323 e. The molecule has 1 N–H and O–H groups in total. The molecule has 0 amide bonds. The van der Waals surface area contributed by atoms with Crippen molar-refractivity contribution < 1.29 is 22.0 Å². The molecule has 1 aliphatic heterocycles. The van der Waals surface area contributed by atoms with Crippen LogP contribution in [0.5, 0.6) is 0 Å². The van der Waals surface area contributed by atoms with E-state index in [-0.39, 0.29) is 4.57 Å². The smallest absolute Gasteiger partial charge is 0.296 e. The zero-order valence-electron chi connectivity index (χ0n) is 7.42. The van der Waals surface area contributed by atoms with Crippen molar-refractivity contribution in [3.05, 3.63) is 22.1 Å². The molecule has 1 aromatic rings. The molecule has 4 nitrogen and oxygen atoms in total. The summed E-state index contributed by atoms with van der Waals surface area (Å²) >= 11 is 0. The fourth-order valence-corrected chi connectivity index (χ4v) is 1.30. The predicted molar refractivity (Wildman–Crippen MR) is 42.0 cm³/mol. The van der Waals surface area contributed by atoms with Crippen LogP contribution in [0.1, 0.15) is 6.30 Å². The second-order valence-corrected chi connectivity index (χ2v) is 3.08. The molecule has 3 unspecified atom stereocenters. The summed E-state index contributed by atoms with van der Waals surface area (Å²) in [6.07, 6.45) is -7.93. The summed E-state index contributed by atoms with van der Waals surface area (Å²) in [5.74, 6) is -4.64. The van der Waals surface area contributed by atoms with E-state index >= 15 is 0 Å². The Balaban J connectivity index is 2.67. The fraction of sp³-hybridized carbons (Fsp3) is 0.429. The van der Waals surface area contributed by atoms with E-state index < -0.39 is 42.0 Å². The summed E-state index contributed by atoms with van der Waals surface area (Å²) in [5, 5.41) is 1.61. The van der Waals surface area contributed by atoms with Gasteiger partial charge in [0, 0.05) is 0 Å². The van der Waals surface area contributed by atoms with Crippen molar-refractivity contribution in [2.24, 2.45) is 0 Å². The number of hydrogen-bond donors (Lipinski definition) is 1. The van der Waals surface area contributed by atoms with Gasteiger partial charge in [-0.3, -0.25) is 4.79 Å². The van der Waals surface area contributed by atoms with Crippen LogP contribution in [0.25, 0.3) is 0 Å². The van der Waals surface area contributed by atoms with Gasteiger partial charge >= 0.3 is 0 Å². The maximum absolute atomic E-state index is 13.2. The number of hydrogen-bond acceptors (Lipinski definition) is 3. The van der Waals surface area contributed by atoms with Crippen LogP contribution in [0.15, 0.2) is 4.79 Å². The highest BCUT2D eigenvalue weighted by Gasteiger charge is 2.40. The second-order valence-electron chi connectivity index (χ2n) is 3.08. The van der Waals surface area contributed by atoms with E-state index in [4.69, 9.17) is 0 Å². The lowest BCUT2D eigenvalue weighted by Gasteiger charge is -2.28. The molecular weight excluding hydrogens is 237 g/mol. The molecule has 2 heterocycles. The number of rotatable bonds is 0. The average Bonchev–Trinajstić information content (AvgIpc) is 2.23. The molecule has 2 rings (SSSR count). The van der Waals surface area contributed by atoms with Crippen LogP contribution in [0.4, 0.5) is 27.9 Å². The van der Waals surface area contributed by atoms with Crippen molar-refractivity contribution in [2.75, 3.05) is 5.32 Å². The normalized spacial score (nSPS) is 28.4. The second kappa shape index (κ2) is 3.42. The monoisotopic (exact) mass is 241 g/mol. The molecule has 0 aliphatic carbocycles. The van der Waals surface area contributed by atoms with Gasteiger partial charge in [0.2, 0.25) is 24.4 Å². The number of anilines is 1. The van der Waals surface area contributed by atoms with Crippen molar-refractivity contribution in [1.29, 1.82) is 0 Å². The summed E-state index contributed by atoms with van der Waals surface area (Å²) < 4.78 is 64.1. The number of nitrogens with one attached hydrogen (secondary N) is 1. The van der Waals surface area contributed by atoms with Gasteiger partial charge in [-0.15, -0.1) is 0 Å². The topological polar surface area (TPSA) is 46.9 Å². The number of fused-ring (bicyclic) bond motifs is 1. The Morgan fingerprint density at radius 3 is 2.50 bits per heavy atom. The summed E-state index contributed by atoms with van der Waals surface area (Å²) in [5.41, 5.74) is -1.74. The Morgan fingerprint density at radius 2 is 1.88 bits per heavy atom. The first-order chi connectivity index (χ1) is 7.43. The number of alkyl halides is 3. The third-order valence-electron chi connectivity index (χ3n) is 2.08. The van der Waals surface area contributed by atoms with Crippen LogP contribution in [-0.2, 0) is 0 Å². The van der Waals surface area contributed by atoms with Crippen LogP contribution in [0.2, 0.25) is 0 Å². The first-order valence-electron chi connectivity index (χ1n) is 4.09. The first kappa shape index (κ1) is 10.8. The Kier molecular flexibility index (Phi) is 2.32. The molecule has 1 aliphatic rings. The summed E-state index contributed by atoms with van der Waals surface area (Å²) in [4.78, 5) is 13.8. The molecular formula is C7H4F5N3O. The van der Waals surface area contributed by atoms with E-state index in [0.29, 0.717) is 0 Å². The predicted octanol–water partition coefficient (Wildman–Crippen LogP) is 1.05. The van der Waals surface area contributed by atoms with E-state index in [2.05, 4.69) is 4.98 Å². The summed E-state index contributed by atoms with van der Waals surface area (Å²) in [6.45, 7) is 0. The number of halogens is 5. The zero-order chi connectivity index (χ0) is 12.0. The highest BCUT2D eigenvalue weighted by Crippen LogP contribution is 2.28. The van der Waals surface area contributed by atoms with Gasteiger partial charge in [0.05, 0.1) is 0 Å². The molecule has 0 radical (unpaired) electrons. The van der Waals surface area contributed by atoms with E-state index in [1.54, 1.807) is 5.32 Å². The first-order valence-corrected chi connectivity index (χ1v) is 4.09. The maximum Gasteiger partial charge on any atom is 0.296 e. The van der Waals surface area contributed by atoms with E-state index in [9.17, 15) is 26.7 Å². The van der Waals surface area contributed by atoms with Crippen LogP contribution >= 0.6 is 0 Å². The standard InChI is InChI=1S/C7H4F5N3O/c8-1-3(10)13-7-14-4(11)2(9)6(16)15(7)5(1)12/h1,3,5H,(H,13,14). The lowest BCUT2D eigenvalue weighted by Crippen LogP contribution is -2.45. The molecule has 0 bridgehead atoms. The highest BCUT2D eigenvalue weighted by molar-refractivity contribution is 5.30. The molecule has 0 aromatic carbocycles. The third kappa shape index (κ3) is 1.34. The zero-order valence-corrected chi connectivity index (χ0v) is 7.42. The molecule has 3 atom stereocenters. The van der Waals surface area contributed by atoms with Crippen molar-refractivity contribution >= 4 is 5.95 Å². The summed E-state index contributed by atoms with van der Waals surface area (Å²) in [7, 11) is 0. The largest absolute Gasteiger partial charge is 0.323 e. The summed E-state index contributed by atoms with van der Waals surface area (Å²) in [6, 6.07) is 0. The molecule has 0 saturated carbocycles.